The number of hydrogen-bond acceptors (Lipinski definition) is 4. The van der Waals surface area contributed by atoms with Gasteiger partial charge in [0.1, 0.15) is 5.01 Å². The first kappa shape index (κ1) is 13.0. The van der Waals surface area contributed by atoms with Gasteiger partial charge in [-0.25, -0.2) is 0 Å². The van der Waals surface area contributed by atoms with Crippen LogP contribution in [0.3, 0.4) is 0 Å². The number of aromatic amines is 1. The highest BCUT2D eigenvalue weighted by Crippen LogP contribution is 2.37. The average molecular weight is 263 g/mol. The van der Waals surface area contributed by atoms with Crippen LogP contribution in [0.1, 0.15) is 38.6 Å². The Balaban J connectivity index is 2.34. The quantitative estimate of drug-likeness (QED) is 0.906. The lowest BCUT2D eigenvalue weighted by Crippen LogP contribution is -2.14. The third-order valence-corrected chi connectivity index (χ3v) is 4.25. The molecular weight excluding hydrogens is 246 g/mol. The molecule has 4 nitrogen and oxygen atoms in total. The van der Waals surface area contributed by atoms with Crippen molar-refractivity contribution in [3.63, 3.8) is 0 Å². The minimum Gasteiger partial charge on any atom is -0.359 e. The molecule has 2 aromatic heterocycles. The minimum absolute atomic E-state index is 0.0237. The fraction of sp³-hybridized carbons (Fsp3) is 0.462. The van der Waals surface area contributed by atoms with Gasteiger partial charge in [-0.05, 0) is 5.41 Å². The first-order valence-electron chi connectivity index (χ1n) is 5.90. The molecule has 96 valence electrons. The van der Waals surface area contributed by atoms with Gasteiger partial charge in [-0.2, -0.15) is 0 Å². The molecule has 0 spiro atoms. The number of rotatable bonds is 2. The monoisotopic (exact) mass is 263 g/mol. The van der Waals surface area contributed by atoms with Gasteiger partial charge in [0.2, 0.25) is 0 Å². The Labute approximate surface area is 110 Å². The van der Waals surface area contributed by atoms with E-state index in [0.717, 1.165) is 15.7 Å². The van der Waals surface area contributed by atoms with E-state index in [1.165, 1.54) is 17.4 Å². The Morgan fingerprint density at radius 3 is 2.67 bits per heavy atom. The molecule has 0 aliphatic carbocycles. The molecule has 0 aliphatic rings. The molecule has 1 N–H and O–H groups in total. The molecule has 2 aromatic rings. The molecule has 18 heavy (non-hydrogen) atoms. The summed E-state index contributed by atoms with van der Waals surface area (Å²) in [6.45, 7) is 8.70. The molecule has 0 fully saturated rings. The first-order valence-corrected chi connectivity index (χ1v) is 6.72. The van der Waals surface area contributed by atoms with Crippen molar-refractivity contribution in [2.24, 2.45) is 5.41 Å². The summed E-state index contributed by atoms with van der Waals surface area (Å²) in [5.74, 6) is 0.333. The molecular formula is C13H17N3OS. The summed E-state index contributed by atoms with van der Waals surface area (Å²) in [4.78, 5) is 14.3. The fourth-order valence-electron chi connectivity index (χ4n) is 1.46. The van der Waals surface area contributed by atoms with E-state index in [2.05, 4.69) is 42.9 Å². The van der Waals surface area contributed by atoms with Crippen LogP contribution in [0.4, 0.5) is 0 Å². The van der Waals surface area contributed by atoms with E-state index in [4.69, 9.17) is 0 Å². The van der Waals surface area contributed by atoms with Crippen molar-refractivity contribution in [3.8, 4) is 10.7 Å². The highest BCUT2D eigenvalue weighted by molar-refractivity contribution is 7.14. The summed E-state index contributed by atoms with van der Waals surface area (Å²) < 4.78 is 0. The Morgan fingerprint density at radius 1 is 1.33 bits per heavy atom. The number of aromatic nitrogens is 3. The van der Waals surface area contributed by atoms with Crippen LogP contribution in [-0.2, 0) is 0 Å². The standard InChI is InChI=1S/C13H17N3OS/c1-8(13(2,3)4)11-15-16-12(18-11)10-7-9(17)5-6-14-10/h5-8H,1-4H3,(H,14,17)/t8-/m0/s1. The van der Waals surface area contributed by atoms with Crippen molar-refractivity contribution < 1.29 is 0 Å². The van der Waals surface area contributed by atoms with Gasteiger partial charge >= 0.3 is 0 Å². The number of hydrogen-bond donors (Lipinski definition) is 1. The topological polar surface area (TPSA) is 58.6 Å². The smallest absolute Gasteiger partial charge is 0.182 e. The third-order valence-electron chi connectivity index (χ3n) is 3.11. The highest BCUT2D eigenvalue weighted by Gasteiger charge is 2.25. The highest BCUT2D eigenvalue weighted by atomic mass is 32.1. The van der Waals surface area contributed by atoms with Crippen LogP contribution in [0, 0.1) is 5.41 Å². The van der Waals surface area contributed by atoms with E-state index in [1.807, 2.05) is 0 Å². The predicted octanol–water partition coefficient (Wildman–Crippen LogP) is 3.04. The van der Waals surface area contributed by atoms with Crippen molar-refractivity contribution in [3.05, 3.63) is 33.6 Å². The zero-order chi connectivity index (χ0) is 13.3. The molecule has 2 rings (SSSR count). The Bertz CT molecular complexity index is 595. The lowest BCUT2D eigenvalue weighted by molar-refractivity contribution is 0.337. The molecule has 5 heteroatoms. The second kappa shape index (κ2) is 4.65. The van der Waals surface area contributed by atoms with E-state index in [-0.39, 0.29) is 10.8 Å². The van der Waals surface area contributed by atoms with Crippen molar-refractivity contribution in [1.82, 2.24) is 15.2 Å². The summed E-state index contributed by atoms with van der Waals surface area (Å²) in [5.41, 5.74) is 0.859. The number of nitrogens with one attached hydrogen (secondary N) is 1. The van der Waals surface area contributed by atoms with E-state index in [9.17, 15) is 4.79 Å². The predicted molar refractivity (Wildman–Crippen MR) is 73.8 cm³/mol. The SMILES string of the molecule is C[C@@H](c1nnc(-c2cc(=O)cc[nH]2)s1)C(C)(C)C. The molecule has 0 saturated carbocycles. The zero-order valence-electron chi connectivity index (χ0n) is 11.0. The number of nitrogens with zero attached hydrogens (tertiary/aromatic N) is 2. The summed E-state index contributed by atoms with van der Waals surface area (Å²) >= 11 is 1.54. The van der Waals surface area contributed by atoms with Crippen LogP contribution >= 0.6 is 11.3 Å². The first-order chi connectivity index (χ1) is 8.38. The van der Waals surface area contributed by atoms with Crippen molar-refractivity contribution >= 4 is 11.3 Å². The van der Waals surface area contributed by atoms with E-state index < -0.39 is 0 Å². The van der Waals surface area contributed by atoms with Gasteiger partial charge in [-0.1, -0.05) is 39.0 Å². The van der Waals surface area contributed by atoms with Crippen molar-refractivity contribution in [2.45, 2.75) is 33.6 Å². The second-order valence-electron chi connectivity index (χ2n) is 5.47. The summed E-state index contributed by atoms with van der Waals surface area (Å²) in [6.07, 6.45) is 1.63. The third kappa shape index (κ3) is 2.67. The Hall–Kier alpha value is -1.49. The number of H-pyrrole nitrogens is 1. The van der Waals surface area contributed by atoms with Gasteiger partial charge in [0.25, 0.3) is 0 Å². The van der Waals surface area contributed by atoms with E-state index >= 15 is 0 Å². The molecule has 0 bridgehead atoms. The molecule has 0 aliphatic heterocycles. The van der Waals surface area contributed by atoms with Crippen LogP contribution < -0.4 is 5.43 Å². The Kier molecular flexibility index (Phi) is 3.34. The average Bonchev–Trinajstić information content (AvgIpc) is 2.75. The largest absolute Gasteiger partial charge is 0.359 e. The van der Waals surface area contributed by atoms with Gasteiger partial charge in [0, 0.05) is 24.2 Å². The summed E-state index contributed by atoms with van der Waals surface area (Å²) in [7, 11) is 0. The van der Waals surface area contributed by atoms with Crippen LogP contribution in [0.2, 0.25) is 0 Å². The molecule has 2 heterocycles. The van der Waals surface area contributed by atoms with Gasteiger partial charge in [0.05, 0.1) is 5.69 Å². The molecule has 0 radical (unpaired) electrons. The van der Waals surface area contributed by atoms with E-state index in [1.54, 1.807) is 12.3 Å². The molecule has 0 aromatic carbocycles. The number of pyridine rings is 1. The Morgan fingerprint density at radius 2 is 2.06 bits per heavy atom. The lowest BCUT2D eigenvalue weighted by atomic mass is 9.83. The maximum atomic E-state index is 11.3. The van der Waals surface area contributed by atoms with Crippen LogP contribution in [0.15, 0.2) is 23.1 Å². The molecule has 1 atom stereocenters. The molecule has 0 unspecified atom stereocenters. The zero-order valence-corrected chi connectivity index (χ0v) is 11.8. The van der Waals surface area contributed by atoms with Gasteiger partial charge in [-0.3, -0.25) is 4.79 Å². The van der Waals surface area contributed by atoms with Crippen molar-refractivity contribution in [1.29, 1.82) is 0 Å². The second-order valence-corrected chi connectivity index (χ2v) is 6.48. The maximum Gasteiger partial charge on any atom is 0.182 e. The minimum atomic E-state index is -0.0237. The van der Waals surface area contributed by atoms with Crippen LogP contribution in [0.25, 0.3) is 10.7 Å². The van der Waals surface area contributed by atoms with E-state index in [0.29, 0.717) is 5.92 Å². The molecule has 0 amide bonds. The normalized spacial score (nSPS) is 13.6. The maximum absolute atomic E-state index is 11.3. The molecule has 0 saturated heterocycles. The summed E-state index contributed by atoms with van der Waals surface area (Å²) in [5, 5.41) is 10.2. The van der Waals surface area contributed by atoms with Crippen LogP contribution in [0.5, 0.6) is 0 Å². The van der Waals surface area contributed by atoms with Crippen LogP contribution in [-0.4, -0.2) is 15.2 Å². The lowest BCUT2D eigenvalue weighted by Gasteiger charge is -2.24. The van der Waals surface area contributed by atoms with Crippen molar-refractivity contribution in [2.75, 3.05) is 0 Å². The summed E-state index contributed by atoms with van der Waals surface area (Å²) in [6, 6.07) is 3.04. The van der Waals surface area contributed by atoms with Gasteiger partial charge < -0.3 is 4.98 Å². The van der Waals surface area contributed by atoms with Gasteiger partial charge in [-0.15, -0.1) is 10.2 Å². The fourth-order valence-corrected chi connectivity index (χ4v) is 2.58. The van der Waals surface area contributed by atoms with Gasteiger partial charge in [0.15, 0.2) is 10.4 Å².